The Morgan fingerprint density at radius 2 is 2.13 bits per heavy atom. The van der Waals surface area contributed by atoms with Crippen molar-refractivity contribution in [1.29, 1.82) is 0 Å². The fraction of sp³-hybridized carbons (Fsp3) is 0.176. The van der Waals surface area contributed by atoms with Crippen LogP contribution >= 0.6 is 22.9 Å². The lowest BCUT2D eigenvalue weighted by atomic mass is 10.2. The predicted octanol–water partition coefficient (Wildman–Crippen LogP) is 4.41. The zero-order valence-corrected chi connectivity index (χ0v) is 14.1. The largest absolute Gasteiger partial charge is 0.364 e. The number of anilines is 1. The van der Waals surface area contributed by atoms with Gasteiger partial charge in [-0.15, -0.1) is 11.3 Å². The Kier molecular flexibility index (Phi) is 4.91. The van der Waals surface area contributed by atoms with Crippen molar-refractivity contribution in [3.63, 3.8) is 0 Å². The second-order valence-electron chi connectivity index (χ2n) is 5.08. The van der Waals surface area contributed by atoms with E-state index in [1.165, 1.54) is 0 Å². The van der Waals surface area contributed by atoms with Crippen LogP contribution in [-0.2, 0) is 16.1 Å². The number of aromatic nitrogens is 1. The number of rotatable bonds is 5. The summed E-state index contributed by atoms with van der Waals surface area (Å²) in [4.78, 5) is 16.4. The van der Waals surface area contributed by atoms with E-state index in [0.717, 1.165) is 26.5 Å². The number of amides is 1. The fourth-order valence-corrected chi connectivity index (χ4v) is 3.30. The maximum Gasteiger partial charge on any atom is 0.250 e. The first-order valence-corrected chi connectivity index (χ1v) is 8.29. The molecule has 23 heavy (non-hydrogen) atoms. The summed E-state index contributed by atoms with van der Waals surface area (Å²) in [5.74, 6) is -0.198. The molecule has 1 amide bonds. The Labute approximate surface area is 143 Å². The molecule has 1 aromatic heterocycles. The van der Waals surface area contributed by atoms with Crippen molar-refractivity contribution in [2.45, 2.75) is 13.5 Å². The van der Waals surface area contributed by atoms with Gasteiger partial charge >= 0.3 is 0 Å². The van der Waals surface area contributed by atoms with Crippen molar-refractivity contribution in [2.75, 3.05) is 11.9 Å². The Hall–Kier alpha value is -1.95. The van der Waals surface area contributed by atoms with Crippen molar-refractivity contribution in [3.05, 3.63) is 58.1 Å². The zero-order valence-electron chi connectivity index (χ0n) is 12.5. The van der Waals surface area contributed by atoms with E-state index in [9.17, 15) is 4.79 Å². The van der Waals surface area contributed by atoms with Crippen LogP contribution in [0.2, 0.25) is 5.02 Å². The van der Waals surface area contributed by atoms with Crippen molar-refractivity contribution < 1.29 is 9.53 Å². The zero-order chi connectivity index (χ0) is 16.2. The quantitative estimate of drug-likeness (QED) is 0.744. The number of carbonyl (C=O) groups is 1. The molecule has 4 nitrogen and oxygen atoms in total. The maximum atomic E-state index is 11.9. The molecule has 0 bridgehead atoms. The van der Waals surface area contributed by atoms with Gasteiger partial charge in [0.25, 0.3) is 0 Å². The van der Waals surface area contributed by atoms with Gasteiger partial charge in [-0.3, -0.25) is 4.79 Å². The molecule has 3 aromatic rings. The number of hydrogen-bond acceptors (Lipinski definition) is 4. The van der Waals surface area contributed by atoms with Gasteiger partial charge in [0.15, 0.2) is 0 Å². The molecule has 0 saturated carbocycles. The third-order valence-electron chi connectivity index (χ3n) is 3.26. The molecule has 1 heterocycles. The van der Waals surface area contributed by atoms with Gasteiger partial charge in [-0.05, 0) is 42.8 Å². The van der Waals surface area contributed by atoms with Crippen molar-refractivity contribution in [2.24, 2.45) is 0 Å². The molecule has 0 aliphatic carbocycles. The predicted molar refractivity (Wildman–Crippen MR) is 94.1 cm³/mol. The normalized spacial score (nSPS) is 10.9. The monoisotopic (exact) mass is 346 g/mol. The minimum atomic E-state index is -0.198. The van der Waals surface area contributed by atoms with E-state index in [2.05, 4.69) is 10.3 Å². The SMILES string of the molecule is Cc1cc(Cl)ccc1NC(=O)COCc1nc2ccccc2s1. The topological polar surface area (TPSA) is 51.2 Å². The van der Waals surface area contributed by atoms with Gasteiger partial charge in [-0.2, -0.15) is 0 Å². The number of nitrogens with zero attached hydrogens (tertiary/aromatic N) is 1. The number of halogens is 1. The highest BCUT2D eigenvalue weighted by molar-refractivity contribution is 7.18. The number of fused-ring (bicyclic) bond motifs is 1. The molecule has 118 valence electrons. The van der Waals surface area contributed by atoms with Crippen LogP contribution in [0.5, 0.6) is 0 Å². The summed E-state index contributed by atoms with van der Waals surface area (Å²) in [5, 5.41) is 4.32. The summed E-state index contributed by atoms with van der Waals surface area (Å²) in [6.45, 7) is 2.20. The molecule has 0 atom stereocenters. The third-order valence-corrected chi connectivity index (χ3v) is 4.50. The van der Waals surface area contributed by atoms with Crippen molar-refractivity contribution >= 4 is 44.7 Å². The van der Waals surface area contributed by atoms with Gasteiger partial charge in [-0.25, -0.2) is 4.98 Å². The Morgan fingerprint density at radius 3 is 2.91 bits per heavy atom. The van der Waals surface area contributed by atoms with Crippen LogP contribution in [0.3, 0.4) is 0 Å². The minimum absolute atomic E-state index is 0.0159. The smallest absolute Gasteiger partial charge is 0.250 e. The van der Waals surface area contributed by atoms with E-state index in [-0.39, 0.29) is 12.5 Å². The second-order valence-corrected chi connectivity index (χ2v) is 6.63. The fourth-order valence-electron chi connectivity index (χ4n) is 2.17. The summed E-state index contributed by atoms with van der Waals surface area (Å²) in [6, 6.07) is 13.2. The van der Waals surface area contributed by atoms with E-state index in [1.54, 1.807) is 29.5 Å². The average Bonchev–Trinajstić information content (AvgIpc) is 2.93. The Balaban J connectivity index is 1.52. The molecular formula is C17H15ClN2O2S. The molecular weight excluding hydrogens is 332 g/mol. The molecule has 0 aliphatic rings. The summed E-state index contributed by atoms with van der Waals surface area (Å²) in [7, 11) is 0. The standard InChI is InChI=1S/C17H15ClN2O2S/c1-11-8-12(18)6-7-13(11)19-16(21)9-22-10-17-20-14-4-2-3-5-15(14)23-17/h2-8H,9-10H2,1H3,(H,19,21). The molecule has 0 radical (unpaired) electrons. The van der Waals surface area contributed by atoms with Gasteiger partial charge < -0.3 is 10.1 Å². The summed E-state index contributed by atoms with van der Waals surface area (Å²) < 4.78 is 6.57. The van der Waals surface area contributed by atoms with E-state index < -0.39 is 0 Å². The van der Waals surface area contributed by atoms with E-state index in [1.807, 2.05) is 31.2 Å². The number of carbonyl (C=O) groups excluding carboxylic acids is 1. The number of hydrogen-bond donors (Lipinski definition) is 1. The van der Waals surface area contributed by atoms with Crippen LogP contribution in [-0.4, -0.2) is 17.5 Å². The third kappa shape index (κ3) is 4.07. The number of para-hydroxylation sites is 1. The molecule has 1 N–H and O–H groups in total. The molecule has 0 saturated heterocycles. The summed E-state index contributed by atoms with van der Waals surface area (Å²) in [6.07, 6.45) is 0. The van der Waals surface area contributed by atoms with Gasteiger partial charge in [0.05, 0.1) is 16.8 Å². The van der Waals surface area contributed by atoms with Crippen molar-refractivity contribution in [3.8, 4) is 0 Å². The lowest BCUT2D eigenvalue weighted by Crippen LogP contribution is -2.18. The first-order valence-electron chi connectivity index (χ1n) is 7.10. The molecule has 0 spiro atoms. The molecule has 0 unspecified atom stereocenters. The van der Waals surface area contributed by atoms with Crippen LogP contribution in [0, 0.1) is 6.92 Å². The number of thiazole rings is 1. The maximum absolute atomic E-state index is 11.9. The van der Waals surface area contributed by atoms with Crippen LogP contribution in [0.1, 0.15) is 10.6 Å². The second kappa shape index (κ2) is 7.08. The van der Waals surface area contributed by atoms with Gasteiger partial charge in [0.1, 0.15) is 11.6 Å². The van der Waals surface area contributed by atoms with Crippen LogP contribution in [0.15, 0.2) is 42.5 Å². The highest BCUT2D eigenvalue weighted by Gasteiger charge is 2.07. The molecule has 0 aliphatic heterocycles. The van der Waals surface area contributed by atoms with E-state index in [0.29, 0.717) is 11.6 Å². The lowest BCUT2D eigenvalue weighted by Gasteiger charge is -2.08. The van der Waals surface area contributed by atoms with E-state index in [4.69, 9.17) is 16.3 Å². The highest BCUT2D eigenvalue weighted by atomic mass is 35.5. The van der Waals surface area contributed by atoms with Gasteiger partial charge in [-0.1, -0.05) is 23.7 Å². The lowest BCUT2D eigenvalue weighted by molar-refractivity contribution is -0.121. The summed E-state index contributed by atoms with van der Waals surface area (Å²) >= 11 is 7.47. The molecule has 0 fully saturated rings. The van der Waals surface area contributed by atoms with Crippen LogP contribution in [0.4, 0.5) is 5.69 Å². The Bertz CT molecular complexity index is 814. The molecule has 2 aromatic carbocycles. The first kappa shape index (κ1) is 15.9. The van der Waals surface area contributed by atoms with E-state index >= 15 is 0 Å². The average molecular weight is 347 g/mol. The highest BCUT2D eigenvalue weighted by Crippen LogP contribution is 2.22. The number of nitrogens with one attached hydrogen (secondary N) is 1. The minimum Gasteiger partial charge on any atom is -0.364 e. The van der Waals surface area contributed by atoms with Crippen molar-refractivity contribution in [1.82, 2.24) is 4.98 Å². The first-order chi connectivity index (χ1) is 11.1. The Morgan fingerprint density at radius 1 is 1.30 bits per heavy atom. The van der Waals surface area contributed by atoms with Crippen LogP contribution < -0.4 is 5.32 Å². The number of ether oxygens (including phenoxy) is 1. The summed E-state index contributed by atoms with van der Waals surface area (Å²) in [5.41, 5.74) is 2.61. The molecule has 3 rings (SSSR count). The number of benzene rings is 2. The number of aryl methyl sites for hydroxylation is 1. The van der Waals surface area contributed by atoms with Crippen LogP contribution in [0.25, 0.3) is 10.2 Å². The van der Waals surface area contributed by atoms with Gasteiger partial charge in [0.2, 0.25) is 5.91 Å². The molecule has 6 heteroatoms. The van der Waals surface area contributed by atoms with Gasteiger partial charge in [0, 0.05) is 10.7 Å².